The van der Waals surface area contributed by atoms with Gasteiger partial charge in [-0.25, -0.2) is 0 Å². The van der Waals surface area contributed by atoms with Gasteiger partial charge in [0.1, 0.15) is 0 Å². The zero-order chi connectivity index (χ0) is 8.10. The first kappa shape index (κ1) is 11.9. The van der Waals surface area contributed by atoms with Crippen molar-refractivity contribution in [1.29, 1.82) is 0 Å². The van der Waals surface area contributed by atoms with E-state index in [0.717, 1.165) is 6.42 Å². The van der Waals surface area contributed by atoms with Gasteiger partial charge in [-0.15, -0.1) is 0 Å². The first-order valence-corrected chi connectivity index (χ1v) is 4.04. The molecular formula is C10H15AuN. The minimum atomic E-state index is 0. The van der Waals surface area contributed by atoms with Crippen LogP contribution in [0.3, 0.4) is 0 Å². The fourth-order valence-electron chi connectivity index (χ4n) is 1.07. The van der Waals surface area contributed by atoms with Gasteiger partial charge in [0.05, 0.1) is 0 Å². The second kappa shape index (κ2) is 6.44. The molecule has 12 heavy (non-hydrogen) atoms. The summed E-state index contributed by atoms with van der Waals surface area (Å²) in [5.41, 5.74) is 1.40. The number of likely N-dealkylation sites (N-methyl/N-ethyl adjacent to an activating group) is 1. The van der Waals surface area contributed by atoms with Crippen LogP contribution >= 0.6 is 0 Å². The molecule has 0 heterocycles. The van der Waals surface area contributed by atoms with Crippen molar-refractivity contribution in [3.05, 3.63) is 35.9 Å². The van der Waals surface area contributed by atoms with Gasteiger partial charge in [-0.2, -0.15) is 0 Å². The fourth-order valence-corrected chi connectivity index (χ4v) is 1.07. The Morgan fingerprint density at radius 2 is 1.83 bits per heavy atom. The van der Waals surface area contributed by atoms with E-state index in [1.807, 2.05) is 13.1 Å². The molecule has 1 nitrogen and oxygen atoms in total. The Hall–Kier alpha value is -0.0797. The molecular weight excluding hydrogens is 331 g/mol. The third-order valence-electron chi connectivity index (χ3n) is 1.88. The molecule has 1 aromatic rings. The van der Waals surface area contributed by atoms with Crippen LogP contribution in [0.5, 0.6) is 0 Å². The van der Waals surface area contributed by atoms with Gasteiger partial charge in [0.15, 0.2) is 0 Å². The van der Waals surface area contributed by atoms with Crippen LogP contribution in [0.2, 0.25) is 0 Å². The quantitative estimate of drug-likeness (QED) is 0.824. The standard InChI is InChI=1S/C10H15N.Au/c1-9(11-2)8-10-6-4-3-5-7-10;/h3-7,9,11H,8H2,1-2H3;. The Morgan fingerprint density at radius 3 is 2.33 bits per heavy atom. The SMILES string of the molecule is CNC(C)Cc1ccccc1.[Au]. The van der Waals surface area contributed by atoms with Crippen LogP contribution < -0.4 is 5.32 Å². The average molecular weight is 346 g/mol. The van der Waals surface area contributed by atoms with Gasteiger partial charge in [0.25, 0.3) is 0 Å². The number of rotatable bonds is 3. The van der Waals surface area contributed by atoms with Crippen LogP contribution in [0.25, 0.3) is 0 Å². The maximum Gasteiger partial charge on any atom is 0.00761 e. The summed E-state index contributed by atoms with van der Waals surface area (Å²) in [6, 6.07) is 11.1. The molecule has 0 spiro atoms. The van der Waals surface area contributed by atoms with Gasteiger partial charge < -0.3 is 5.32 Å². The predicted molar refractivity (Wildman–Crippen MR) is 48.7 cm³/mol. The van der Waals surface area contributed by atoms with E-state index in [-0.39, 0.29) is 22.4 Å². The monoisotopic (exact) mass is 346 g/mol. The number of nitrogens with one attached hydrogen (secondary N) is 1. The van der Waals surface area contributed by atoms with E-state index >= 15 is 0 Å². The van der Waals surface area contributed by atoms with E-state index in [4.69, 9.17) is 0 Å². The molecule has 0 aromatic heterocycles. The number of hydrogen-bond donors (Lipinski definition) is 1. The number of benzene rings is 1. The van der Waals surface area contributed by atoms with E-state index in [0.29, 0.717) is 6.04 Å². The molecule has 2 heteroatoms. The molecule has 1 radical (unpaired) electrons. The molecule has 1 N–H and O–H groups in total. The Labute approximate surface area is 90.1 Å². The van der Waals surface area contributed by atoms with Crippen molar-refractivity contribution in [3.63, 3.8) is 0 Å². The van der Waals surface area contributed by atoms with Crippen molar-refractivity contribution < 1.29 is 22.4 Å². The molecule has 0 bridgehead atoms. The minimum Gasteiger partial charge on any atom is -0.317 e. The molecule has 1 aromatic carbocycles. The van der Waals surface area contributed by atoms with Crippen LogP contribution in [0.15, 0.2) is 30.3 Å². The largest absolute Gasteiger partial charge is 0.317 e. The van der Waals surface area contributed by atoms with Crippen LogP contribution in [-0.4, -0.2) is 13.1 Å². The summed E-state index contributed by atoms with van der Waals surface area (Å²) in [7, 11) is 1.99. The van der Waals surface area contributed by atoms with Crippen molar-refractivity contribution in [2.24, 2.45) is 0 Å². The first-order chi connectivity index (χ1) is 5.33. The maximum absolute atomic E-state index is 3.21. The van der Waals surface area contributed by atoms with E-state index in [9.17, 15) is 0 Å². The predicted octanol–water partition coefficient (Wildman–Crippen LogP) is 1.83. The molecule has 0 saturated heterocycles. The average Bonchev–Trinajstić information content (AvgIpc) is 2.06. The van der Waals surface area contributed by atoms with Crippen molar-refractivity contribution in [3.8, 4) is 0 Å². The van der Waals surface area contributed by atoms with Gasteiger partial charge in [-0.1, -0.05) is 30.3 Å². The Kier molecular flexibility index (Phi) is 6.40. The van der Waals surface area contributed by atoms with Crippen LogP contribution in [-0.2, 0) is 28.8 Å². The third kappa shape index (κ3) is 4.07. The van der Waals surface area contributed by atoms with E-state index in [2.05, 4.69) is 36.5 Å². The van der Waals surface area contributed by atoms with Gasteiger partial charge >= 0.3 is 0 Å². The second-order valence-electron chi connectivity index (χ2n) is 2.88. The van der Waals surface area contributed by atoms with Crippen molar-refractivity contribution >= 4 is 0 Å². The van der Waals surface area contributed by atoms with E-state index < -0.39 is 0 Å². The molecule has 0 fully saturated rings. The summed E-state index contributed by atoms with van der Waals surface area (Å²) in [5.74, 6) is 0. The molecule has 1 unspecified atom stereocenters. The number of hydrogen-bond acceptors (Lipinski definition) is 1. The minimum absolute atomic E-state index is 0. The van der Waals surface area contributed by atoms with Gasteiger partial charge in [0, 0.05) is 28.4 Å². The molecule has 0 aliphatic heterocycles. The van der Waals surface area contributed by atoms with Crippen LogP contribution in [0.4, 0.5) is 0 Å². The summed E-state index contributed by atoms with van der Waals surface area (Å²) in [6.45, 7) is 2.19. The van der Waals surface area contributed by atoms with Gasteiger partial charge in [-0.05, 0) is 26.0 Å². The van der Waals surface area contributed by atoms with Crippen LogP contribution in [0, 0.1) is 0 Å². The molecule has 0 amide bonds. The summed E-state index contributed by atoms with van der Waals surface area (Å²) >= 11 is 0. The zero-order valence-corrected chi connectivity index (χ0v) is 9.64. The van der Waals surface area contributed by atoms with E-state index in [1.165, 1.54) is 5.56 Å². The summed E-state index contributed by atoms with van der Waals surface area (Å²) < 4.78 is 0. The Balaban J connectivity index is 0.00000121. The smallest absolute Gasteiger partial charge is 0.00761 e. The van der Waals surface area contributed by atoms with Gasteiger partial charge in [0.2, 0.25) is 0 Å². The molecule has 1 atom stereocenters. The summed E-state index contributed by atoms with van der Waals surface area (Å²) in [5, 5.41) is 3.21. The molecule has 0 aliphatic carbocycles. The van der Waals surface area contributed by atoms with E-state index in [1.54, 1.807) is 0 Å². The van der Waals surface area contributed by atoms with Crippen molar-refractivity contribution in [2.75, 3.05) is 7.05 Å². The zero-order valence-electron chi connectivity index (χ0n) is 7.47. The van der Waals surface area contributed by atoms with Crippen molar-refractivity contribution in [2.45, 2.75) is 19.4 Å². The van der Waals surface area contributed by atoms with Gasteiger partial charge in [-0.3, -0.25) is 0 Å². The summed E-state index contributed by atoms with van der Waals surface area (Å²) in [4.78, 5) is 0. The molecule has 0 aliphatic rings. The third-order valence-corrected chi connectivity index (χ3v) is 1.88. The van der Waals surface area contributed by atoms with Crippen molar-refractivity contribution in [1.82, 2.24) is 5.32 Å². The topological polar surface area (TPSA) is 12.0 Å². The molecule has 1 rings (SSSR count). The first-order valence-electron chi connectivity index (χ1n) is 4.04. The fraction of sp³-hybridized carbons (Fsp3) is 0.400. The van der Waals surface area contributed by atoms with Crippen LogP contribution in [0.1, 0.15) is 12.5 Å². The molecule has 0 saturated carbocycles. The normalized spacial score (nSPS) is 11.8. The maximum atomic E-state index is 3.21. The Bertz CT molecular complexity index is 198. The summed E-state index contributed by atoms with van der Waals surface area (Å²) in [6.07, 6.45) is 1.11. The molecule has 71 valence electrons. The second-order valence-corrected chi connectivity index (χ2v) is 2.88. The Morgan fingerprint density at radius 1 is 1.25 bits per heavy atom.